The third kappa shape index (κ3) is 16.8. The van der Waals surface area contributed by atoms with E-state index in [0.717, 1.165) is 45.2 Å². The lowest BCUT2D eigenvalue weighted by atomic mass is 9.93. The van der Waals surface area contributed by atoms with Gasteiger partial charge in [-0.25, -0.2) is 18.5 Å². The molecular formula is C42H64FN6O9P. The highest BCUT2D eigenvalue weighted by atomic mass is 31.2. The Morgan fingerprint density at radius 1 is 0.898 bits per heavy atom. The van der Waals surface area contributed by atoms with Crippen molar-refractivity contribution in [1.82, 2.24) is 14.6 Å². The van der Waals surface area contributed by atoms with Gasteiger partial charge in [0.1, 0.15) is 48.1 Å². The first-order chi connectivity index (χ1) is 28.3. The number of aliphatic hydroxyl groups is 2. The molecule has 0 aliphatic rings. The van der Waals surface area contributed by atoms with Crippen LogP contribution in [0.25, 0.3) is 5.52 Å². The fourth-order valence-corrected chi connectivity index (χ4v) is 7.54. The van der Waals surface area contributed by atoms with E-state index in [0.29, 0.717) is 17.7 Å². The van der Waals surface area contributed by atoms with Crippen LogP contribution in [0.2, 0.25) is 0 Å². The van der Waals surface area contributed by atoms with E-state index < -0.39 is 50.3 Å². The molecule has 59 heavy (non-hydrogen) atoms. The average Bonchev–Trinajstić information content (AvgIpc) is 3.67. The van der Waals surface area contributed by atoms with Crippen molar-refractivity contribution in [3.8, 4) is 12.1 Å². The highest BCUT2D eigenvalue weighted by Crippen LogP contribution is 2.46. The monoisotopic (exact) mass is 846 g/mol. The van der Waals surface area contributed by atoms with Crippen LogP contribution >= 0.6 is 7.82 Å². The van der Waals surface area contributed by atoms with Gasteiger partial charge in [0.25, 0.3) is 0 Å². The van der Waals surface area contributed by atoms with Crippen LogP contribution < -0.4 is 5.73 Å². The lowest BCUT2D eigenvalue weighted by molar-refractivity contribution is -0.138. The van der Waals surface area contributed by atoms with Gasteiger partial charge in [-0.1, -0.05) is 103 Å². The zero-order valence-electron chi connectivity index (χ0n) is 34.9. The minimum Gasteiger partial charge on any atom is -0.386 e. The topological polar surface area (TPSA) is 228 Å². The van der Waals surface area contributed by atoms with Gasteiger partial charge < -0.3 is 35.1 Å². The van der Waals surface area contributed by atoms with E-state index in [1.807, 2.05) is 6.07 Å². The van der Waals surface area contributed by atoms with Crippen LogP contribution in [0.4, 0.5) is 10.2 Å². The molecule has 0 amide bonds. The number of phosphoric acid groups is 1. The molecule has 3 rings (SSSR count). The number of methoxy groups -OCH3 is 1. The largest absolute Gasteiger partial charge is 0.472 e. The number of hydrogen-bond donors (Lipinski definition) is 4. The molecule has 17 heteroatoms. The summed E-state index contributed by atoms with van der Waals surface area (Å²) >= 11 is 0. The number of phosphoric ester groups is 1. The van der Waals surface area contributed by atoms with Crippen molar-refractivity contribution in [2.24, 2.45) is 0 Å². The van der Waals surface area contributed by atoms with Crippen LogP contribution in [0.15, 0.2) is 36.7 Å². The molecule has 1 unspecified atom stereocenters. The molecule has 0 aliphatic heterocycles. The van der Waals surface area contributed by atoms with Gasteiger partial charge in [0.2, 0.25) is 5.60 Å². The van der Waals surface area contributed by atoms with Crippen molar-refractivity contribution >= 4 is 19.2 Å². The van der Waals surface area contributed by atoms with Crippen LogP contribution in [0, 0.1) is 28.5 Å². The summed E-state index contributed by atoms with van der Waals surface area (Å²) in [6, 6.07) is 10.3. The van der Waals surface area contributed by atoms with E-state index in [1.54, 1.807) is 13.0 Å². The number of nitriles is 2. The molecule has 0 fully saturated rings. The second-order valence-corrected chi connectivity index (χ2v) is 16.8. The Bertz CT molecular complexity index is 1820. The minimum atomic E-state index is -4.99. The Morgan fingerprint density at radius 3 is 2.07 bits per heavy atom. The van der Waals surface area contributed by atoms with E-state index in [9.17, 15) is 34.6 Å². The third-order valence-corrected chi connectivity index (χ3v) is 11.3. The Hall–Kier alpha value is -3.54. The fraction of sp³-hybridized carbons (Fsp3) is 0.667. The van der Waals surface area contributed by atoms with Crippen LogP contribution in [0.1, 0.15) is 140 Å². The number of ether oxygens (including phenoxy) is 3. The van der Waals surface area contributed by atoms with Gasteiger partial charge in [-0.15, -0.1) is 0 Å². The third-order valence-electron chi connectivity index (χ3n) is 10.3. The number of unbranched alkanes of at least 4 members (excludes halogenated alkanes) is 15. The van der Waals surface area contributed by atoms with Gasteiger partial charge in [0, 0.05) is 13.7 Å². The Kier molecular flexibility index (Phi) is 21.9. The number of nitrogens with zero attached hydrogens (tertiary/aromatic N) is 5. The number of rotatable bonds is 32. The summed E-state index contributed by atoms with van der Waals surface area (Å²) in [4.78, 5) is 14.6. The molecular weight excluding hydrogens is 782 g/mol. The Morgan fingerprint density at radius 2 is 1.49 bits per heavy atom. The predicted octanol–water partition coefficient (Wildman–Crippen LogP) is 8.01. The number of hydrogen-bond acceptors (Lipinski definition) is 13. The van der Waals surface area contributed by atoms with Crippen molar-refractivity contribution in [2.75, 3.05) is 39.3 Å². The normalized spacial score (nSPS) is 15.8. The summed E-state index contributed by atoms with van der Waals surface area (Å²) in [6.07, 6.45) is 17.2. The maximum atomic E-state index is 14.2. The first-order valence-corrected chi connectivity index (χ1v) is 22.3. The lowest BCUT2D eigenvalue weighted by Crippen LogP contribution is -2.50. The van der Waals surface area contributed by atoms with E-state index >= 15 is 0 Å². The molecule has 0 bridgehead atoms. The van der Waals surface area contributed by atoms with Crippen molar-refractivity contribution in [2.45, 2.75) is 147 Å². The molecule has 3 aromatic rings. The van der Waals surface area contributed by atoms with Gasteiger partial charge >= 0.3 is 7.82 Å². The van der Waals surface area contributed by atoms with Gasteiger partial charge in [0.05, 0.1) is 37.1 Å². The summed E-state index contributed by atoms with van der Waals surface area (Å²) in [5, 5.41) is 45.6. The maximum absolute atomic E-state index is 14.2. The molecule has 328 valence electrons. The standard InChI is InChI=1S/C42H64FN6O9P/c1-4-5-6-7-8-9-10-11-12-13-14-15-16-17-18-19-22-55-29-41(2,56-27-34-23-33(26-44)24-35(43)25-34)30-57-59(52,53)58-31-42(28-45,54-3)39(51)38(50)36-20-21-37-40(46)47-32-48-49(36)37/h20-21,23-25,32,38-39,50-51H,4-19,22,27,29-31H2,1-3H3,(H,52,53)(H2,46,47,48)/t38-,39-,41+,42+/m0/s1. The number of aromatic nitrogens is 3. The predicted molar refractivity (Wildman–Crippen MR) is 220 cm³/mol. The highest BCUT2D eigenvalue weighted by Gasteiger charge is 2.47. The van der Waals surface area contributed by atoms with Gasteiger partial charge in [-0.05, 0) is 49.2 Å². The molecule has 0 saturated carbocycles. The minimum absolute atomic E-state index is 0.0365. The zero-order chi connectivity index (χ0) is 43.2. The number of nitrogens with two attached hydrogens (primary N) is 1. The average molecular weight is 847 g/mol. The van der Waals surface area contributed by atoms with Gasteiger partial charge in [0.15, 0.2) is 5.82 Å². The SMILES string of the molecule is CCCCCCCCCCCCCCCCCCOC[C@](C)(COP(=O)(O)OC[C@@](C#N)(OC)[C@@H](O)[C@@H](O)c1ccc2c(N)ncnn12)OCc1cc(F)cc(C#N)c1. The maximum Gasteiger partial charge on any atom is 0.472 e. The van der Waals surface area contributed by atoms with Crippen molar-refractivity contribution in [3.05, 3.63) is 59.3 Å². The van der Waals surface area contributed by atoms with Crippen LogP contribution in [-0.4, -0.2) is 80.5 Å². The fourth-order valence-electron chi connectivity index (χ4n) is 6.68. The quantitative estimate of drug-likeness (QED) is 0.0345. The second kappa shape index (κ2) is 25.9. The van der Waals surface area contributed by atoms with Gasteiger partial charge in [-0.3, -0.25) is 9.05 Å². The highest BCUT2D eigenvalue weighted by molar-refractivity contribution is 7.47. The van der Waals surface area contributed by atoms with Crippen molar-refractivity contribution in [1.29, 1.82) is 10.5 Å². The first-order valence-electron chi connectivity index (χ1n) is 20.8. The molecule has 0 spiro atoms. The number of fused-ring (bicyclic) bond motifs is 1. The number of aliphatic hydroxyl groups excluding tert-OH is 2. The summed E-state index contributed by atoms with van der Waals surface area (Å²) in [5.41, 5.74) is 2.98. The number of halogens is 1. The van der Waals surface area contributed by atoms with Crippen LogP contribution in [0.3, 0.4) is 0 Å². The molecule has 0 aliphatic carbocycles. The molecule has 0 saturated heterocycles. The summed E-state index contributed by atoms with van der Waals surface area (Å²) in [5.74, 6) is -0.514. The van der Waals surface area contributed by atoms with E-state index in [-0.39, 0.29) is 30.3 Å². The van der Waals surface area contributed by atoms with Gasteiger partial charge in [-0.2, -0.15) is 15.6 Å². The molecule has 5 atom stereocenters. The summed E-state index contributed by atoms with van der Waals surface area (Å²) in [6.45, 7) is 2.43. The smallest absolute Gasteiger partial charge is 0.386 e. The molecule has 1 aromatic carbocycles. The Balaban J connectivity index is 1.50. The Labute approximate surface area is 348 Å². The van der Waals surface area contributed by atoms with E-state index in [4.69, 9.17) is 29.0 Å². The van der Waals surface area contributed by atoms with Crippen LogP contribution in [0.5, 0.6) is 0 Å². The zero-order valence-corrected chi connectivity index (χ0v) is 35.8. The number of benzene rings is 1. The summed E-state index contributed by atoms with van der Waals surface area (Å²) in [7, 11) is -3.92. The number of nitrogen functional groups attached to an aromatic ring is 1. The molecule has 2 aromatic heterocycles. The van der Waals surface area contributed by atoms with Crippen molar-refractivity contribution in [3.63, 3.8) is 0 Å². The first kappa shape index (κ1) is 49.8. The van der Waals surface area contributed by atoms with E-state index in [1.165, 1.54) is 106 Å². The molecule has 5 N–H and O–H groups in total. The lowest BCUT2D eigenvalue weighted by Gasteiger charge is -2.33. The molecule has 0 radical (unpaired) electrons. The summed E-state index contributed by atoms with van der Waals surface area (Å²) < 4.78 is 56.3. The van der Waals surface area contributed by atoms with E-state index in [2.05, 4.69) is 17.0 Å². The van der Waals surface area contributed by atoms with Crippen LogP contribution in [-0.2, 0) is 34.4 Å². The van der Waals surface area contributed by atoms with Crippen molar-refractivity contribution < 1.29 is 47.3 Å². The molecule has 15 nitrogen and oxygen atoms in total. The number of anilines is 1. The second-order valence-electron chi connectivity index (χ2n) is 15.4. The molecule has 2 heterocycles.